The Morgan fingerprint density at radius 3 is 2.58 bits per heavy atom. The van der Waals surface area contributed by atoms with Gasteiger partial charge in [0, 0.05) is 6.42 Å². The van der Waals surface area contributed by atoms with Gasteiger partial charge >= 0.3 is 5.97 Å². The van der Waals surface area contributed by atoms with E-state index < -0.39 is 6.10 Å². The van der Waals surface area contributed by atoms with Crippen LogP contribution in [0.4, 0.5) is 0 Å². The quantitative estimate of drug-likeness (QED) is 0.285. The molecule has 0 saturated carbocycles. The number of allylic oxidation sites excluding steroid dienone is 2. The van der Waals surface area contributed by atoms with Gasteiger partial charge in [-0.15, -0.1) is 0 Å². The molecule has 0 amide bonds. The zero-order chi connectivity index (χ0) is 19.0. The molecule has 0 radical (unpaired) electrons. The van der Waals surface area contributed by atoms with Crippen molar-refractivity contribution in [2.75, 3.05) is 7.11 Å². The lowest BCUT2D eigenvalue weighted by atomic mass is 10.1. The molecule has 0 spiro atoms. The van der Waals surface area contributed by atoms with E-state index in [0.717, 1.165) is 25.0 Å². The van der Waals surface area contributed by atoms with Gasteiger partial charge in [0.05, 0.1) is 13.2 Å². The maximum atomic E-state index is 11.0. The van der Waals surface area contributed by atoms with Crippen LogP contribution >= 0.6 is 0 Å². The fraction of sp³-hybridized carbons (Fsp3) is 0.500. The van der Waals surface area contributed by atoms with Crippen molar-refractivity contribution < 1.29 is 19.1 Å². The van der Waals surface area contributed by atoms with E-state index >= 15 is 0 Å². The Balaban J connectivity index is 2.29. The lowest BCUT2D eigenvalue weighted by Gasteiger charge is -2.00. The summed E-state index contributed by atoms with van der Waals surface area (Å²) >= 11 is 0. The number of hydrogen-bond donors (Lipinski definition) is 1. The lowest BCUT2D eigenvalue weighted by Crippen LogP contribution is -1.98. The van der Waals surface area contributed by atoms with E-state index in [-0.39, 0.29) is 5.97 Å². The molecule has 0 fully saturated rings. The average Bonchev–Trinajstić information content (AvgIpc) is 3.10. The molecule has 0 aliphatic rings. The minimum absolute atomic E-state index is 0.182. The van der Waals surface area contributed by atoms with E-state index in [1.165, 1.54) is 26.4 Å². The maximum Gasteiger partial charge on any atom is 0.305 e. The summed E-state index contributed by atoms with van der Waals surface area (Å²) in [7, 11) is 1.40. The first-order valence-corrected chi connectivity index (χ1v) is 9.50. The van der Waals surface area contributed by atoms with Crippen LogP contribution in [-0.2, 0) is 9.53 Å². The van der Waals surface area contributed by atoms with Crippen LogP contribution in [0, 0.1) is 0 Å². The molecule has 1 rings (SSSR count). The second-order valence-electron chi connectivity index (χ2n) is 6.24. The van der Waals surface area contributed by atoms with Crippen LogP contribution in [0.2, 0.25) is 0 Å². The summed E-state index contributed by atoms with van der Waals surface area (Å²) in [6.45, 7) is 2.19. The van der Waals surface area contributed by atoms with Gasteiger partial charge in [-0.3, -0.25) is 4.79 Å². The summed E-state index contributed by atoms with van der Waals surface area (Å²) in [5.41, 5.74) is 0. The zero-order valence-electron chi connectivity index (χ0n) is 16.0. The number of rotatable bonds is 13. The molecule has 0 aromatic carbocycles. The molecule has 4 heteroatoms. The number of furan rings is 1. The van der Waals surface area contributed by atoms with E-state index in [1.807, 2.05) is 30.4 Å². The fourth-order valence-corrected chi connectivity index (χ4v) is 2.36. The molecule has 0 saturated heterocycles. The molecule has 1 aromatic rings. The zero-order valence-corrected chi connectivity index (χ0v) is 16.0. The van der Waals surface area contributed by atoms with Gasteiger partial charge < -0.3 is 14.3 Å². The highest BCUT2D eigenvalue weighted by Gasteiger charge is 2.00. The van der Waals surface area contributed by atoms with E-state index in [9.17, 15) is 9.90 Å². The topological polar surface area (TPSA) is 59.7 Å². The van der Waals surface area contributed by atoms with Crippen molar-refractivity contribution in [1.82, 2.24) is 0 Å². The van der Waals surface area contributed by atoms with E-state index in [0.29, 0.717) is 18.6 Å². The Labute approximate surface area is 157 Å². The number of hydrogen-bond acceptors (Lipinski definition) is 4. The second kappa shape index (κ2) is 14.1. The standard InChI is InChI=1S/C22H32O4/c1-3-4-5-6-7-9-12-19(23)15-16-21-18-17-20(26-21)13-10-8-11-14-22(24)25-2/h7,9-10,13,15-19,23H,3-6,8,11-12,14H2,1-2H3. The van der Waals surface area contributed by atoms with Crippen LogP contribution in [0.1, 0.15) is 69.8 Å². The van der Waals surface area contributed by atoms with Gasteiger partial charge in [0.1, 0.15) is 11.5 Å². The summed E-state index contributed by atoms with van der Waals surface area (Å²) in [6.07, 6.45) is 18.5. The molecule has 1 N–H and O–H groups in total. The Bertz CT molecular complexity index is 581. The van der Waals surface area contributed by atoms with Crippen molar-refractivity contribution in [1.29, 1.82) is 0 Å². The Morgan fingerprint density at radius 2 is 1.85 bits per heavy atom. The van der Waals surface area contributed by atoms with Crippen LogP contribution in [-0.4, -0.2) is 24.3 Å². The van der Waals surface area contributed by atoms with E-state index in [2.05, 4.69) is 17.7 Å². The van der Waals surface area contributed by atoms with E-state index in [1.54, 1.807) is 12.2 Å². The third-order valence-corrected chi connectivity index (χ3v) is 3.91. The monoisotopic (exact) mass is 360 g/mol. The predicted octanol–water partition coefficient (Wildman–Crippen LogP) is 5.54. The lowest BCUT2D eigenvalue weighted by molar-refractivity contribution is -0.140. The molecular formula is C22H32O4. The highest BCUT2D eigenvalue weighted by Crippen LogP contribution is 2.13. The summed E-state index contributed by atoms with van der Waals surface area (Å²) in [6, 6.07) is 3.76. The van der Waals surface area contributed by atoms with Gasteiger partial charge in [0.25, 0.3) is 0 Å². The molecule has 144 valence electrons. The van der Waals surface area contributed by atoms with Crippen molar-refractivity contribution in [3.8, 4) is 0 Å². The SMILES string of the molecule is CCCCCC=CCC(O)C=Cc1ccc(C=CCCCC(=O)OC)o1. The number of aliphatic hydroxyl groups excluding tert-OH is 1. The number of methoxy groups -OCH3 is 1. The molecule has 0 bridgehead atoms. The predicted molar refractivity (Wildman–Crippen MR) is 107 cm³/mol. The summed E-state index contributed by atoms with van der Waals surface area (Å²) in [5.74, 6) is 1.29. The number of carbonyl (C=O) groups excluding carboxylic acids is 1. The molecule has 26 heavy (non-hydrogen) atoms. The van der Waals surface area contributed by atoms with Gasteiger partial charge in [-0.1, -0.05) is 44.1 Å². The van der Waals surface area contributed by atoms with E-state index in [4.69, 9.17) is 4.42 Å². The maximum absolute atomic E-state index is 11.0. The summed E-state index contributed by atoms with van der Waals surface area (Å²) < 4.78 is 10.3. The summed E-state index contributed by atoms with van der Waals surface area (Å²) in [5, 5.41) is 9.95. The Kier molecular flexibility index (Phi) is 11.9. The molecular weight excluding hydrogens is 328 g/mol. The van der Waals surface area contributed by atoms with Crippen LogP contribution < -0.4 is 0 Å². The molecule has 1 heterocycles. The van der Waals surface area contributed by atoms with Gasteiger partial charge in [0.2, 0.25) is 0 Å². The Hall–Kier alpha value is -2.07. The van der Waals surface area contributed by atoms with Crippen molar-refractivity contribution in [3.05, 3.63) is 48.0 Å². The average molecular weight is 360 g/mol. The first-order chi connectivity index (χ1) is 12.7. The highest BCUT2D eigenvalue weighted by molar-refractivity contribution is 5.69. The largest absolute Gasteiger partial charge is 0.469 e. The number of unbranched alkanes of at least 4 members (excludes halogenated alkanes) is 4. The molecule has 0 aliphatic carbocycles. The minimum Gasteiger partial charge on any atom is -0.469 e. The highest BCUT2D eigenvalue weighted by atomic mass is 16.5. The first kappa shape index (κ1) is 22.0. The van der Waals surface area contributed by atoms with Gasteiger partial charge in [0.15, 0.2) is 0 Å². The first-order valence-electron chi connectivity index (χ1n) is 9.50. The van der Waals surface area contributed by atoms with Crippen LogP contribution in [0.5, 0.6) is 0 Å². The third kappa shape index (κ3) is 10.7. The van der Waals surface area contributed by atoms with Crippen molar-refractivity contribution in [2.24, 2.45) is 0 Å². The number of carbonyl (C=O) groups is 1. The molecule has 1 aromatic heterocycles. The number of ether oxygens (including phenoxy) is 1. The van der Waals surface area contributed by atoms with Crippen LogP contribution in [0.25, 0.3) is 12.2 Å². The fourth-order valence-electron chi connectivity index (χ4n) is 2.36. The van der Waals surface area contributed by atoms with Crippen molar-refractivity contribution in [2.45, 2.75) is 64.4 Å². The normalized spacial score (nSPS) is 13.2. The molecule has 1 atom stereocenters. The van der Waals surface area contributed by atoms with Gasteiger partial charge in [-0.25, -0.2) is 0 Å². The second-order valence-corrected chi connectivity index (χ2v) is 6.24. The van der Waals surface area contributed by atoms with Crippen molar-refractivity contribution >= 4 is 18.1 Å². The number of aliphatic hydroxyl groups is 1. The molecule has 1 unspecified atom stereocenters. The van der Waals surface area contributed by atoms with Crippen LogP contribution in [0.3, 0.4) is 0 Å². The van der Waals surface area contributed by atoms with Crippen LogP contribution in [0.15, 0.2) is 40.9 Å². The van der Waals surface area contributed by atoms with Crippen molar-refractivity contribution in [3.63, 3.8) is 0 Å². The molecule has 0 aliphatic heterocycles. The Morgan fingerprint density at radius 1 is 1.12 bits per heavy atom. The smallest absolute Gasteiger partial charge is 0.305 e. The minimum atomic E-state index is -0.500. The van der Waals surface area contributed by atoms with Gasteiger partial charge in [-0.05, 0) is 56.4 Å². The third-order valence-electron chi connectivity index (χ3n) is 3.91. The molecule has 4 nitrogen and oxygen atoms in total. The van der Waals surface area contributed by atoms with Gasteiger partial charge in [-0.2, -0.15) is 0 Å². The summed E-state index contributed by atoms with van der Waals surface area (Å²) in [4.78, 5) is 11.0. The number of esters is 1.